The van der Waals surface area contributed by atoms with Crippen LogP contribution in [0.15, 0.2) is 36.4 Å². The van der Waals surface area contributed by atoms with Gasteiger partial charge < -0.3 is 9.80 Å². The second-order valence-electron chi connectivity index (χ2n) is 11.3. The fourth-order valence-corrected chi connectivity index (χ4v) is 6.27. The van der Waals surface area contributed by atoms with Gasteiger partial charge in [-0.15, -0.1) is 0 Å². The number of hydrogen-bond donors (Lipinski definition) is 0. The van der Waals surface area contributed by atoms with E-state index in [4.69, 9.17) is 0 Å². The van der Waals surface area contributed by atoms with Crippen LogP contribution >= 0.6 is 0 Å². The van der Waals surface area contributed by atoms with E-state index in [1.165, 1.54) is 31.0 Å². The van der Waals surface area contributed by atoms with Crippen LogP contribution in [-0.4, -0.2) is 71.8 Å². The van der Waals surface area contributed by atoms with Gasteiger partial charge in [-0.05, 0) is 73.2 Å². The van der Waals surface area contributed by atoms with Crippen molar-refractivity contribution in [3.8, 4) is 0 Å². The summed E-state index contributed by atoms with van der Waals surface area (Å²) in [7, 11) is 1.51. The summed E-state index contributed by atoms with van der Waals surface area (Å²) in [6.07, 6.45) is -8.58. The largest absolute Gasteiger partial charge is 0.416 e. The first-order valence-corrected chi connectivity index (χ1v) is 13.8. The van der Waals surface area contributed by atoms with E-state index in [-0.39, 0.29) is 29.5 Å². The zero-order valence-electron chi connectivity index (χ0n) is 23.7. The number of hydrogen-bond acceptors (Lipinski definition) is 3. The third-order valence-electron chi connectivity index (χ3n) is 8.56. The van der Waals surface area contributed by atoms with E-state index in [2.05, 4.69) is 4.90 Å². The second kappa shape index (κ2) is 12.2. The van der Waals surface area contributed by atoms with E-state index < -0.39 is 47.7 Å². The molecule has 2 amide bonds. The van der Waals surface area contributed by atoms with Gasteiger partial charge in [-0.1, -0.05) is 6.07 Å². The summed E-state index contributed by atoms with van der Waals surface area (Å²) in [4.78, 5) is 30.7. The average molecular weight is 602 g/mol. The number of likely N-dealkylation sites (N-methyl/N-ethyl adjacent to an activating group) is 1. The van der Waals surface area contributed by atoms with Crippen LogP contribution in [0.25, 0.3) is 0 Å². The molecule has 0 N–H and O–H groups in total. The normalized spacial score (nSPS) is 21.0. The molecule has 5 nitrogen and oxygen atoms in total. The predicted octanol–water partition coefficient (Wildman–Crippen LogP) is 6.04. The van der Waals surface area contributed by atoms with E-state index in [0.29, 0.717) is 50.3 Å². The van der Waals surface area contributed by atoms with Gasteiger partial charge >= 0.3 is 12.4 Å². The Kier molecular flexibility index (Phi) is 9.25. The first kappa shape index (κ1) is 31.8. The van der Waals surface area contributed by atoms with Crippen LogP contribution in [0, 0.1) is 12.7 Å². The molecule has 2 saturated heterocycles. The lowest BCUT2D eigenvalue weighted by Gasteiger charge is -2.47. The summed E-state index contributed by atoms with van der Waals surface area (Å²) in [5.41, 5.74) is -1.80. The molecular weight excluding hydrogens is 567 g/mol. The van der Waals surface area contributed by atoms with Crippen molar-refractivity contribution < 1.29 is 40.3 Å². The van der Waals surface area contributed by atoms with Gasteiger partial charge in [0.1, 0.15) is 5.82 Å². The number of aryl methyl sites for hydroxylation is 1. The lowest BCUT2D eigenvalue weighted by Crippen LogP contribution is -2.55. The lowest BCUT2D eigenvalue weighted by atomic mass is 9.81. The SMILES string of the molecule is CC(=O)N1CCC(N2CC[C@@H](N(C)C(=O)Cc3cc(C(F)(F)F)cc(C(F)(F)F)c3)[C@H](c3ccc(F)cc3C)C2)CC1. The third kappa shape index (κ3) is 7.25. The second-order valence-corrected chi connectivity index (χ2v) is 11.3. The number of benzene rings is 2. The Balaban J connectivity index is 1.58. The molecule has 2 heterocycles. The first-order valence-electron chi connectivity index (χ1n) is 13.8. The number of likely N-dealkylation sites (tertiary alicyclic amines) is 2. The van der Waals surface area contributed by atoms with Crippen molar-refractivity contribution in [2.45, 2.75) is 69.9 Å². The van der Waals surface area contributed by atoms with Crippen LogP contribution in [0.3, 0.4) is 0 Å². The summed E-state index contributed by atoms with van der Waals surface area (Å²) < 4.78 is 94.2. The minimum Gasteiger partial charge on any atom is -0.343 e. The zero-order chi connectivity index (χ0) is 31.0. The number of rotatable bonds is 5. The zero-order valence-corrected chi connectivity index (χ0v) is 23.7. The molecule has 2 aliphatic heterocycles. The predicted molar refractivity (Wildman–Crippen MR) is 142 cm³/mol. The molecule has 2 aromatic carbocycles. The van der Waals surface area contributed by atoms with Gasteiger partial charge in [0.25, 0.3) is 0 Å². The Hall–Kier alpha value is -3.15. The summed E-state index contributed by atoms with van der Waals surface area (Å²) in [6.45, 7) is 5.72. The molecule has 0 radical (unpaired) electrons. The monoisotopic (exact) mass is 601 g/mol. The van der Waals surface area contributed by atoms with Gasteiger partial charge in [-0.25, -0.2) is 4.39 Å². The van der Waals surface area contributed by atoms with Crippen molar-refractivity contribution in [2.75, 3.05) is 33.2 Å². The highest BCUT2D eigenvalue weighted by atomic mass is 19.4. The molecular formula is C30H34F7N3O2. The van der Waals surface area contributed by atoms with Crippen LogP contribution in [-0.2, 0) is 28.4 Å². The van der Waals surface area contributed by atoms with E-state index >= 15 is 0 Å². The number of alkyl halides is 6. The van der Waals surface area contributed by atoms with E-state index in [1.54, 1.807) is 17.9 Å². The maximum atomic E-state index is 14.0. The third-order valence-corrected chi connectivity index (χ3v) is 8.56. The summed E-state index contributed by atoms with van der Waals surface area (Å²) in [6, 6.07) is 5.41. The fraction of sp³-hybridized carbons (Fsp3) is 0.533. The van der Waals surface area contributed by atoms with Crippen molar-refractivity contribution in [1.29, 1.82) is 0 Å². The summed E-state index contributed by atoms with van der Waals surface area (Å²) >= 11 is 0. The van der Waals surface area contributed by atoms with E-state index in [0.717, 1.165) is 18.4 Å². The van der Waals surface area contributed by atoms with Gasteiger partial charge in [-0.3, -0.25) is 14.5 Å². The minimum atomic E-state index is -5.01. The first-order chi connectivity index (χ1) is 19.5. The molecule has 2 aliphatic rings. The standard InChI is InChI=1S/C30H34F7N3O2/c1-18-12-23(31)4-5-25(18)26-17-40(24-6-9-39(10-7-24)19(2)41)11-8-27(26)38(3)28(42)15-20-13-21(29(32,33)34)16-22(14-20)30(35,36)37/h4-5,12-14,16,24,26-27H,6-11,15,17H2,1-3H3/t26-,27+/m0/s1. The molecule has 0 bridgehead atoms. The Bertz CT molecular complexity index is 1270. The highest BCUT2D eigenvalue weighted by molar-refractivity contribution is 5.79. The highest BCUT2D eigenvalue weighted by Gasteiger charge is 2.40. The Morgan fingerprint density at radius 1 is 0.905 bits per heavy atom. The number of piperidine rings is 2. The maximum absolute atomic E-state index is 14.0. The van der Waals surface area contributed by atoms with Crippen molar-refractivity contribution in [2.24, 2.45) is 0 Å². The fourth-order valence-electron chi connectivity index (χ4n) is 6.27. The Labute approximate surface area is 240 Å². The average Bonchev–Trinajstić information content (AvgIpc) is 2.91. The summed E-state index contributed by atoms with van der Waals surface area (Å²) in [5.74, 6) is -1.27. The summed E-state index contributed by atoms with van der Waals surface area (Å²) in [5, 5.41) is 0. The van der Waals surface area contributed by atoms with E-state index in [1.807, 2.05) is 0 Å². The quantitative estimate of drug-likeness (QED) is 0.393. The van der Waals surface area contributed by atoms with Crippen molar-refractivity contribution in [3.05, 3.63) is 70.0 Å². The maximum Gasteiger partial charge on any atom is 0.416 e. The number of amides is 2. The minimum absolute atomic E-state index is 0.0234. The number of halogens is 7. The van der Waals surface area contributed by atoms with Crippen molar-refractivity contribution in [1.82, 2.24) is 14.7 Å². The number of nitrogens with zero attached hydrogens (tertiary/aromatic N) is 3. The molecule has 2 aromatic rings. The van der Waals surface area contributed by atoms with Crippen LogP contribution in [0.4, 0.5) is 30.7 Å². The molecule has 0 aliphatic carbocycles. The van der Waals surface area contributed by atoms with Crippen LogP contribution in [0.2, 0.25) is 0 Å². The van der Waals surface area contributed by atoms with E-state index in [9.17, 15) is 40.3 Å². The van der Waals surface area contributed by atoms with Gasteiger partial charge in [-0.2, -0.15) is 26.3 Å². The molecule has 0 saturated carbocycles. The van der Waals surface area contributed by atoms with Crippen molar-refractivity contribution >= 4 is 11.8 Å². The Morgan fingerprint density at radius 2 is 1.50 bits per heavy atom. The highest BCUT2D eigenvalue weighted by Crippen LogP contribution is 2.38. The van der Waals surface area contributed by atoms with Crippen LogP contribution < -0.4 is 0 Å². The lowest BCUT2D eigenvalue weighted by molar-refractivity contribution is -0.143. The van der Waals surface area contributed by atoms with Crippen molar-refractivity contribution in [3.63, 3.8) is 0 Å². The van der Waals surface area contributed by atoms with Crippen LogP contribution in [0.5, 0.6) is 0 Å². The number of carbonyl (C=O) groups excluding carboxylic acids is 2. The molecule has 0 unspecified atom stereocenters. The molecule has 0 aromatic heterocycles. The molecule has 230 valence electrons. The molecule has 42 heavy (non-hydrogen) atoms. The Morgan fingerprint density at radius 3 is 2.02 bits per heavy atom. The molecule has 12 heteroatoms. The van der Waals surface area contributed by atoms with Gasteiger partial charge in [0.2, 0.25) is 11.8 Å². The molecule has 4 rings (SSSR count). The van der Waals surface area contributed by atoms with Gasteiger partial charge in [0.05, 0.1) is 17.5 Å². The van der Waals surface area contributed by atoms with Crippen LogP contribution in [0.1, 0.15) is 59.9 Å². The molecule has 2 fully saturated rings. The molecule has 0 spiro atoms. The topological polar surface area (TPSA) is 43.9 Å². The number of carbonyl (C=O) groups is 2. The smallest absolute Gasteiger partial charge is 0.343 e. The molecule has 2 atom stereocenters. The van der Waals surface area contributed by atoms with Gasteiger partial charge in [0, 0.05) is 58.2 Å². The van der Waals surface area contributed by atoms with Gasteiger partial charge in [0.15, 0.2) is 0 Å².